The molecule has 0 aromatic heterocycles. The predicted octanol–water partition coefficient (Wildman–Crippen LogP) is 4.40. The van der Waals surface area contributed by atoms with Crippen molar-refractivity contribution in [2.45, 2.75) is 38.5 Å². The summed E-state index contributed by atoms with van der Waals surface area (Å²) in [4.78, 5) is 35.0. The van der Waals surface area contributed by atoms with Crippen molar-refractivity contribution in [3.63, 3.8) is 0 Å². The van der Waals surface area contributed by atoms with Gasteiger partial charge in [-0.2, -0.15) is 10.7 Å². The first-order valence-electron chi connectivity index (χ1n) is 10.7. The number of rotatable bonds is 11. The number of carbonyl (C=O) groups excluding carboxylic acids is 1. The molecule has 0 fully saturated rings. The number of hydrogen-bond donors (Lipinski definition) is 2. The van der Waals surface area contributed by atoms with Crippen LogP contribution in [0.3, 0.4) is 0 Å². The van der Waals surface area contributed by atoms with Crippen molar-refractivity contribution in [2.24, 2.45) is 10.1 Å². The van der Waals surface area contributed by atoms with Crippen molar-refractivity contribution in [2.75, 3.05) is 13.7 Å². The zero-order chi connectivity index (χ0) is 24.1. The molecule has 1 aliphatic heterocycles. The summed E-state index contributed by atoms with van der Waals surface area (Å²) in [6.45, 7) is 4.31. The number of nitrogens with zero attached hydrogens (tertiary/aromatic N) is 3. The number of likely N-dealkylation sites (N-methyl/N-ethyl adjacent to an activating group) is 1. The van der Waals surface area contributed by atoms with Gasteiger partial charge in [-0.3, -0.25) is 19.4 Å². The molecule has 0 atom stereocenters. The van der Waals surface area contributed by atoms with Crippen molar-refractivity contribution >= 4 is 35.4 Å². The van der Waals surface area contributed by atoms with E-state index in [1.165, 1.54) is 11.0 Å². The molecule has 1 amide bonds. The summed E-state index contributed by atoms with van der Waals surface area (Å²) in [7, 11) is 1.69. The summed E-state index contributed by atoms with van der Waals surface area (Å²) < 4.78 is 0. The lowest BCUT2D eigenvalue weighted by Gasteiger charge is -2.19. The summed E-state index contributed by atoms with van der Waals surface area (Å²) in [6, 6.07) is 0. The Labute approximate surface area is 199 Å². The van der Waals surface area contributed by atoms with Gasteiger partial charge in [-0.1, -0.05) is 36.4 Å². The van der Waals surface area contributed by atoms with E-state index in [0.29, 0.717) is 60.7 Å². The van der Waals surface area contributed by atoms with Gasteiger partial charge >= 0.3 is 5.97 Å². The molecular formula is C24H29ClN4O4. The lowest BCUT2D eigenvalue weighted by atomic mass is 10.1. The Balaban J connectivity index is 2.26. The molecule has 1 aliphatic carbocycles. The lowest BCUT2D eigenvalue weighted by molar-refractivity contribution is -0.137. The number of carboxylic acids is 1. The van der Waals surface area contributed by atoms with Crippen LogP contribution in [0, 0.1) is 0 Å². The fraction of sp³-hybridized carbons (Fsp3) is 0.333. The zero-order valence-corrected chi connectivity index (χ0v) is 19.4. The highest BCUT2D eigenvalue weighted by Gasteiger charge is 2.18. The van der Waals surface area contributed by atoms with Crippen molar-refractivity contribution in [3.8, 4) is 0 Å². The Hall–Kier alpha value is -3.23. The number of hydrogen-bond acceptors (Lipinski definition) is 6. The number of carboxylic acid groups (broad SMARTS) is 1. The first-order chi connectivity index (χ1) is 15.9. The molecule has 176 valence electrons. The highest BCUT2D eigenvalue weighted by molar-refractivity contribution is 6.31. The molecule has 0 saturated carbocycles. The number of unbranched alkanes of at least 4 members (excludes halogenated alkanes) is 2. The van der Waals surface area contributed by atoms with Gasteiger partial charge in [-0.05, 0) is 50.0 Å². The summed E-state index contributed by atoms with van der Waals surface area (Å²) in [5, 5.41) is 13.4. The summed E-state index contributed by atoms with van der Waals surface area (Å²) >= 11 is 6.06. The van der Waals surface area contributed by atoms with Gasteiger partial charge in [0.15, 0.2) is 0 Å². The molecule has 2 N–H and O–H groups in total. The first-order valence-corrected chi connectivity index (χ1v) is 11.0. The van der Waals surface area contributed by atoms with Gasteiger partial charge in [0.2, 0.25) is 0 Å². The van der Waals surface area contributed by atoms with E-state index >= 15 is 0 Å². The van der Waals surface area contributed by atoms with Crippen molar-refractivity contribution in [1.82, 2.24) is 10.5 Å². The molecule has 0 aromatic rings. The molecule has 1 heterocycles. The molecule has 9 heteroatoms. The average molecular weight is 473 g/mol. The lowest BCUT2D eigenvalue weighted by Crippen LogP contribution is -2.27. The summed E-state index contributed by atoms with van der Waals surface area (Å²) in [5.74, 6) is -1.09. The molecular weight excluding hydrogens is 444 g/mol. The van der Waals surface area contributed by atoms with Crippen molar-refractivity contribution in [1.29, 1.82) is 0 Å². The topological polar surface area (TPSA) is 104 Å². The fourth-order valence-corrected chi connectivity index (χ4v) is 3.11. The third-order valence-electron chi connectivity index (χ3n) is 4.81. The second kappa shape index (κ2) is 14.0. The minimum Gasteiger partial charge on any atom is -0.481 e. The van der Waals surface area contributed by atoms with Crippen LogP contribution in [0.2, 0.25) is 0 Å². The number of allylic oxidation sites excluding steroid dienone is 7. The number of aliphatic imine (C=N–C) groups is 1. The average Bonchev–Trinajstić information content (AvgIpc) is 3.03. The second-order valence-corrected chi connectivity index (χ2v) is 7.67. The van der Waals surface area contributed by atoms with E-state index in [4.69, 9.17) is 21.5 Å². The molecule has 0 unspecified atom stereocenters. The largest absolute Gasteiger partial charge is 0.481 e. The van der Waals surface area contributed by atoms with Crippen LogP contribution in [0.15, 0.2) is 81.2 Å². The third kappa shape index (κ3) is 9.03. The van der Waals surface area contributed by atoms with E-state index in [2.05, 4.69) is 22.3 Å². The van der Waals surface area contributed by atoms with Crippen LogP contribution in [0.25, 0.3) is 0 Å². The molecule has 0 bridgehead atoms. The van der Waals surface area contributed by atoms with E-state index < -0.39 is 5.97 Å². The molecule has 0 saturated heterocycles. The highest BCUT2D eigenvalue weighted by Crippen LogP contribution is 2.20. The number of amides is 1. The molecule has 33 heavy (non-hydrogen) atoms. The maximum Gasteiger partial charge on any atom is 0.303 e. The molecule has 0 radical (unpaired) electrons. The van der Waals surface area contributed by atoms with E-state index in [1.807, 2.05) is 12.2 Å². The normalized spacial score (nSPS) is 17.0. The van der Waals surface area contributed by atoms with E-state index in [0.717, 1.165) is 5.71 Å². The Bertz CT molecular complexity index is 958. The first kappa shape index (κ1) is 26.0. The van der Waals surface area contributed by atoms with Crippen LogP contribution >= 0.6 is 11.6 Å². The van der Waals surface area contributed by atoms with Gasteiger partial charge in [0.05, 0.1) is 23.6 Å². The fourth-order valence-electron chi connectivity index (χ4n) is 2.96. The van der Waals surface area contributed by atoms with Gasteiger partial charge in [-0.25, -0.2) is 0 Å². The van der Waals surface area contributed by atoms with Crippen LogP contribution in [0.1, 0.15) is 38.5 Å². The molecule has 2 aliphatic rings. The SMILES string of the molecule is C=C/C(C(=O)N(C)C1=CCC=C(Cl)C=C1)=C(\C=C\C1=NNOCC1)N=CCCCCC(=O)O. The third-order valence-corrected chi connectivity index (χ3v) is 5.09. The van der Waals surface area contributed by atoms with E-state index in [9.17, 15) is 9.59 Å². The quantitative estimate of drug-likeness (QED) is 0.201. The Morgan fingerprint density at radius 3 is 2.88 bits per heavy atom. The van der Waals surface area contributed by atoms with Gasteiger partial charge in [-0.15, -0.1) is 0 Å². The summed E-state index contributed by atoms with van der Waals surface area (Å²) in [6.07, 6.45) is 17.2. The van der Waals surface area contributed by atoms with Gasteiger partial charge in [0.25, 0.3) is 5.91 Å². The number of nitrogens with one attached hydrogen (secondary N) is 1. The standard InChI is InChI=1S/C24H29ClN4O4/c1-3-21(24(32)29(2)20-9-7-8-18(25)11-13-20)22(14-12-19-15-17-33-28-27-19)26-16-6-4-5-10-23(30)31/h3,8-9,11-14,16,28H,1,4-7,10,15,17H2,2H3,(H,30,31)/b14-12+,22-21-,26-16?. The van der Waals surface area contributed by atoms with Crippen LogP contribution < -0.4 is 5.59 Å². The van der Waals surface area contributed by atoms with Crippen molar-refractivity contribution < 1.29 is 19.5 Å². The number of halogens is 1. The van der Waals surface area contributed by atoms with Crippen LogP contribution in [0.5, 0.6) is 0 Å². The number of aliphatic carboxylic acids is 1. The van der Waals surface area contributed by atoms with Crippen LogP contribution in [-0.2, 0) is 14.4 Å². The van der Waals surface area contributed by atoms with Crippen LogP contribution in [0.4, 0.5) is 0 Å². The molecule has 0 spiro atoms. The molecule has 0 aromatic carbocycles. The highest BCUT2D eigenvalue weighted by atomic mass is 35.5. The Kier molecular flexibility index (Phi) is 11.1. The van der Waals surface area contributed by atoms with Gasteiger partial charge < -0.3 is 10.0 Å². The van der Waals surface area contributed by atoms with Crippen LogP contribution in [-0.4, -0.2) is 47.5 Å². The second-order valence-electron chi connectivity index (χ2n) is 7.23. The maximum absolute atomic E-state index is 13.3. The van der Waals surface area contributed by atoms with E-state index in [-0.39, 0.29) is 12.3 Å². The van der Waals surface area contributed by atoms with E-state index in [1.54, 1.807) is 37.6 Å². The predicted molar refractivity (Wildman–Crippen MR) is 131 cm³/mol. The molecule has 2 rings (SSSR count). The minimum absolute atomic E-state index is 0.119. The zero-order valence-electron chi connectivity index (χ0n) is 18.7. The van der Waals surface area contributed by atoms with Crippen molar-refractivity contribution in [3.05, 3.63) is 71.1 Å². The number of hydrazone groups is 1. The molecule has 8 nitrogen and oxygen atoms in total. The number of carbonyl (C=O) groups is 2. The smallest absolute Gasteiger partial charge is 0.303 e. The minimum atomic E-state index is -0.817. The Morgan fingerprint density at radius 2 is 2.18 bits per heavy atom. The summed E-state index contributed by atoms with van der Waals surface area (Å²) in [5.41, 5.74) is 4.71. The maximum atomic E-state index is 13.3. The van der Waals surface area contributed by atoms with Gasteiger partial charge in [0, 0.05) is 36.8 Å². The monoisotopic (exact) mass is 472 g/mol. The van der Waals surface area contributed by atoms with Gasteiger partial charge in [0.1, 0.15) is 0 Å². The Morgan fingerprint density at radius 1 is 1.36 bits per heavy atom.